The number of nitrogens with one attached hydrogen (secondary N) is 1. The van der Waals surface area contributed by atoms with E-state index in [9.17, 15) is 17.6 Å². The number of hydrogen-bond acceptors (Lipinski definition) is 8. The minimum atomic E-state index is -3.16. The summed E-state index contributed by atoms with van der Waals surface area (Å²) >= 11 is 1.40. The molecule has 1 aromatic carbocycles. The van der Waals surface area contributed by atoms with E-state index in [1.807, 2.05) is 17.5 Å². The lowest BCUT2D eigenvalue weighted by atomic mass is 10.1. The van der Waals surface area contributed by atoms with Gasteiger partial charge >= 0.3 is 0 Å². The number of rotatable bonds is 9. The molecule has 13 heteroatoms. The molecule has 0 radical (unpaired) electrons. The summed E-state index contributed by atoms with van der Waals surface area (Å²) in [6.07, 6.45) is 7.77. The molecule has 2 fully saturated rings. The number of thiazole rings is 1. The van der Waals surface area contributed by atoms with E-state index in [1.54, 1.807) is 29.0 Å². The highest BCUT2D eigenvalue weighted by atomic mass is 32.2. The fourth-order valence-corrected chi connectivity index (χ4v) is 7.35. The summed E-state index contributed by atoms with van der Waals surface area (Å²) in [5.74, 6) is -0.0588. The maximum absolute atomic E-state index is 13.5. The number of nitrogens with zero attached hydrogens (tertiary/aromatic N) is 5. The number of piperidine rings is 1. The Labute approximate surface area is 254 Å². The summed E-state index contributed by atoms with van der Waals surface area (Å²) in [5, 5.41) is 5.45. The molecule has 1 amide bonds. The van der Waals surface area contributed by atoms with Crippen LogP contribution in [0.15, 0.2) is 66.3 Å². The van der Waals surface area contributed by atoms with Crippen LogP contribution in [0.1, 0.15) is 53.5 Å². The number of benzene rings is 1. The minimum absolute atomic E-state index is 0.00600. The molecule has 226 valence electrons. The highest BCUT2D eigenvalue weighted by Gasteiger charge is 2.29. The minimum Gasteiger partial charge on any atom is -0.490 e. The van der Waals surface area contributed by atoms with Crippen molar-refractivity contribution in [3.63, 3.8) is 0 Å². The van der Waals surface area contributed by atoms with Crippen molar-refractivity contribution in [3.8, 4) is 5.75 Å². The molecule has 1 unspecified atom stereocenters. The van der Waals surface area contributed by atoms with Crippen molar-refractivity contribution >= 4 is 38.1 Å². The van der Waals surface area contributed by atoms with Crippen molar-refractivity contribution in [1.29, 1.82) is 0 Å². The smallest absolute Gasteiger partial charge is 0.274 e. The Morgan fingerprint density at radius 2 is 1.91 bits per heavy atom. The van der Waals surface area contributed by atoms with Crippen LogP contribution in [-0.4, -0.2) is 65.2 Å². The standard InChI is InChI=1S/C30H33FN6O4S2/c1-43(39,40)36-16-11-24(12-17-36)41-23-8-6-22(7-9-23)37-15-3-4-26(37)25-20-42-30(33-25)34-29(38)27-5-2-14-35(27)19-21-10-13-32-28(31)18-21/h2,5-10,13-14,18,20,24,26H,3-4,11-12,15-17,19H2,1H3,(H,33,34,38). The van der Waals surface area contributed by atoms with E-state index in [-0.39, 0.29) is 18.1 Å². The lowest BCUT2D eigenvalue weighted by Crippen LogP contribution is -2.41. The number of aromatic nitrogens is 3. The van der Waals surface area contributed by atoms with Gasteiger partial charge in [-0.2, -0.15) is 4.39 Å². The monoisotopic (exact) mass is 624 g/mol. The third kappa shape index (κ3) is 6.89. The molecular weight excluding hydrogens is 592 g/mol. The maximum Gasteiger partial charge on any atom is 0.274 e. The van der Waals surface area contributed by atoms with Crippen LogP contribution < -0.4 is 15.0 Å². The highest BCUT2D eigenvalue weighted by Crippen LogP contribution is 2.38. The number of pyridine rings is 1. The van der Waals surface area contributed by atoms with Crippen molar-refractivity contribution in [3.05, 3.63) is 89.2 Å². The van der Waals surface area contributed by atoms with Gasteiger partial charge in [-0.05, 0) is 79.8 Å². The zero-order valence-corrected chi connectivity index (χ0v) is 25.4. The number of hydrogen-bond donors (Lipinski definition) is 1. The van der Waals surface area contributed by atoms with E-state index < -0.39 is 16.0 Å². The van der Waals surface area contributed by atoms with Gasteiger partial charge in [0.15, 0.2) is 5.13 Å². The molecule has 2 saturated heterocycles. The van der Waals surface area contributed by atoms with E-state index in [2.05, 4.69) is 27.3 Å². The second-order valence-electron chi connectivity index (χ2n) is 10.9. The lowest BCUT2D eigenvalue weighted by molar-refractivity contribution is 0.101. The van der Waals surface area contributed by atoms with Crippen LogP contribution in [0, 0.1) is 5.95 Å². The Bertz CT molecular complexity index is 1680. The first-order valence-corrected chi connectivity index (χ1v) is 17.0. The second-order valence-corrected chi connectivity index (χ2v) is 13.7. The predicted octanol–water partition coefficient (Wildman–Crippen LogP) is 4.92. The zero-order chi connectivity index (χ0) is 30.0. The van der Waals surface area contributed by atoms with Gasteiger partial charge in [-0.1, -0.05) is 0 Å². The Kier molecular flexibility index (Phi) is 8.46. The van der Waals surface area contributed by atoms with Gasteiger partial charge in [-0.15, -0.1) is 11.3 Å². The molecule has 0 bridgehead atoms. The third-order valence-electron chi connectivity index (χ3n) is 7.88. The van der Waals surface area contributed by atoms with E-state index >= 15 is 0 Å². The molecule has 3 aromatic heterocycles. The molecule has 6 rings (SSSR count). The Morgan fingerprint density at radius 3 is 2.65 bits per heavy atom. The molecule has 4 aromatic rings. The Hall–Kier alpha value is -3.81. The van der Waals surface area contributed by atoms with Gasteiger partial charge in [0.25, 0.3) is 5.91 Å². The number of halogens is 1. The number of carbonyl (C=O) groups excluding carboxylic acids is 1. The summed E-state index contributed by atoms with van der Waals surface area (Å²) in [4.78, 5) is 23.8. The molecule has 2 aliphatic heterocycles. The molecule has 0 spiro atoms. The number of sulfonamides is 1. The quantitative estimate of drug-likeness (QED) is 0.263. The van der Waals surface area contributed by atoms with Gasteiger partial charge in [-0.3, -0.25) is 10.1 Å². The SMILES string of the molecule is CS(=O)(=O)N1CCC(Oc2ccc(N3CCCC3c3csc(NC(=O)c4cccn4Cc4ccnc(F)c4)n3)cc2)CC1. The summed E-state index contributed by atoms with van der Waals surface area (Å²) in [6, 6.07) is 14.7. The van der Waals surface area contributed by atoms with Crippen LogP contribution in [0.25, 0.3) is 0 Å². The average molecular weight is 625 g/mol. The first-order chi connectivity index (χ1) is 20.7. The van der Waals surface area contributed by atoms with Crippen LogP contribution in [0.4, 0.5) is 15.2 Å². The van der Waals surface area contributed by atoms with E-state index in [0.717, 1.165) is 36.5 Å². The van der Waals surface area contributed by atoms with E-state index in [4.69, 9.17) is 9.72 Å². The zero-order valence-electron chi connectivity index (χ0n) is 23.7. The van der Waals surface area contributed by atoms with Crippen molar-refractivity contribution in [2.24, 2.45) is 0 Å². The molecule has 5 heterocycles. The number of carbonyl (C=O) groups is 1. The van der Waals surface area contributed by atoms with Crippen LogP contribution in [0.5, 0.6) is 5.75 Å². The first-order valence-electron chi connectivity index (χ1n) is 14.2. The fraction of sp³-hybridized carbons (Fsp3) is 0.367. The van der Waals surface area contributed by atoms with E-state index in [0.29, 0.717) is 48.9 Å². The number of ether oxygens (including phenoxy) is 1. The predicted molar refractivity (Wildman–Crippen MR) is 164 cm³/mol. The third-order valence-corrected chi connectivity index (χ3v) is 9.96. The average Bonchev–Trinajstić information content (AvgIpc) is 3.75. The molecular formula is C30H33FN6O4S2. The molecule has 1 atom stereocenters. The van der Waals surface area contributed by atoms with Gasteiger partial charge in [-0.25, -0.2) is 22.7 Å². The van der Waals surface area contributed by atoms with Gasteiger partial charge in [0, 0.05) is 49.6 Å². The van der Waals surface area contributed by atoms with E-state index in [1.165, 1.54) is 34.2 Å². The van der Waals surface area contributed by atoms with Gasteiger partial charge < -0.3 is 14.2 Å². The summed E-state index contributed by atoms with van der Waals surface area (Å²) in [5.41, 5.74) is 3.16. The topological polar surface area (TPSA) is 110 Å². The van der Waals surface area contributed by atoms with Crippen LogP contribution in [0.3, 0.4) is 0 Å². The summed E-state index contributed by atoms with van der Waals surface area (Å²) in [7, 11) is -3.16. The molecule has 10 nitrogen and oxygen atoms in total. The fourth-order valence-electron chi connectivity index (χ4n) is 5.73. The van der Waals surface area contributed by atoms with Gasteiger partial charge in [0.05, 0.1) is 18.0 Å². The first kappa shape index (κ1) is 29.3. The molecule has 1 N–H and O–H groups in total. The Morgan fingerprint density at radius 1 is 1.12 bits per heavy atom. The normalized spacial score (nSPS) is 18.2. The maximum atomic E-state index is 13.5. The van der Waals surface area contributed by atoms with Gasteiger partial charge in [0.2, 0.25) is 16.0 Å². The molecule has 2 aliphatic rings. The highest BCUT2D eigenvalue weighted by molar-refractivity contribution is 7.88. The number of amides is 1. The summed E-state index contributed by atoms with van der Waals surface area (Å²) in [6.45, 7) is 2.21. The summed E-state index contributed by atoms with van der Waals surface area (Å²) < 4.78 is 46.5. The largest absolute Gasteiger partial charge is 0.490 e. The van der Waals surface area contributed by atoms with Crippen molar-refractivity contribution in [2.45, 2.75) is 44.4 Å². The molecule has 0 aliphatic carbocycles. The lowest BCUT2D eigenvalue weighted by Gasteiger charge is -2.30. The van der Waals surface area contributed by atoms with Crippen molar-refractivity contribution < 1.29 is 22.3 Å². The van der Waals surface area contributed by atoms with Crippen LogP contribution >= 0.6 is 11.3 Å². The van der Waals surface area contributed by atoms with Crippen molar-refractivity contribution in [2.75, 3.05) is 36.1 Å². The second kappa shape index (κ2) is 12.4. The molecule has 43 heavy (non-hydrogen) atoms. The Balaban J connectivity index is 1.07. The number of anilines is 2. The van der Waals surface area contributed by atoms with Crippen molar-refractivity contribution in [1.82, 2.24) is 18.8 Å². The van der Waals surface area contributed by atoms with Crippen LogP contribution in [-0.2, 0) is 16.6 Å². The van der Waals surface area contributed by atoms with Gasteiger partial charge in [0.1, 0.15) is 17.5 Å². The van der Waals surface area contributed by atoms with Crippen LogP contribution in [0.2, 0.25) is 0 Å². The molecule has 0 saturated carbocycles.